The standard InChI is InChI=1S/C41H50N8O7/c1-24(2)34(46-40(52)53)38(50)48-18-4-6-32(48)36-42-22-30(44-36)27-12-8-25(9-13-27)26-10-14-28(15-11-26)31-23-43-37(45-31)33-7-5-19-49(33)39(51)35(47-41(54)55-3)29-16-20-56-21-17-29/h8-15,22-24,29,32-35,46H,4-7,16-21H2,1-3H3,(H,42,44)(H,43,45)(H,47,54)(H,52,53)/t32-,33-,34-,35+/m0/s1. The van der Waals surface area contributed by atoms with Gasteiger partial charge in [-0.3, -0.25) is 9.59 Å². The van der Waals surface area contributed by atoms with Crippen molar-refractivity contribution in [3.63, 3.8) is 0 Å². The average Bonchev–Trinajstić information content (AvgIpc) is 4.06. The van der Waals surface area contributed by atoms with Crippen LogP contribution in [0.25, 0.3) is 33.6 Å². The van der Waals surface area contributed by atoms with Crippen molar-refractivity contribution in [2.75, 3.05) is 33.4 Å². The fourth-order valence-electron chi connectivity index (χ4n) is 8.23. The number of rotatable bonds is 11. The number of aromatic nitrogens is 4. The van der Waals surface area contributed by atoms with Crippen LogP contribution in [0.4, 0.5) is 9.59 Å². The molecule has 5 heterocycles. The number of likely N-dealkylation sites (tertiary alicyclic amines) is 2. The maximum Gasteiger partial charge on any atom is 0.407 e. The number of alkyl carbamates (subject to hydrolysis) is 1. The van der Waals surface area contributed by atoms with Crippen LogP contribution in [-0.4, -0.2) is 104 Å². The van der Waals surface area contributed by atoms with Crippen molar-refractivity contribution < 1.29 is 33.8 Å². The van der Waals surface area contributed by atoms with Crippen molar-refractivity contribution >= 4 is 24.0 Å². The summed E-state index contributed by atoms with van der Waals surface area (Å²) < 4.78 is 10.4. The van der Waals surface area contributed by atoms with Crippen molar-refractivity contribution in [3.8, 4) is 33.6 Å². The van der Waals surface area contributed by atoms with Gasteiger partial charge < -0.3 is 45.0 Å². The predicted octanol–water partition coefficient (Wildman–Crippen LogP) is 5.90. The lowest BCUT2D eigenvalue weighted by molar-refractivity contribution is -0.137. The second-order valence-electron chi connectivity index (χ2n) is 15.1. The SMILES string of the molecule is COC(=O)N[C@@H](C(=O)N1CCC[C@H]1c1ncc(-c2ccc(-c3ccc(-c4c[nH]c([C@@H]5CCCN5C(=O)[C@@H](NC(=O)O)C(C)C)n4)cc3)cc2)[nH]1)C1CCOCC1. The molecule has 4 amide bonds. The molecule has 2 aromatic carbocycles. The lowest BCUT2D eigenvalue weighted by atomic mass is 9.90. The number of carboxylic acid groups (broad SMARTS) is 1. The Bertz CT molecular complexity index is 2000. The maximum absolute atomic E-state index is 13.9. The van der Waals surface area contributed by atoms with Crippen LogP contribution in [0, 0.1) is 11.8 Å². The third-order valence-electron chi connectivity index (χ3n) is 11.3. The first-order valence-electron chi connectivity index (χ1n) is 19.5. The van der Waals surface area contributed by atoms with Crippen LogP contribution in [0.15, 0.2) is 60.9 Å². The molecule has 0 radical (unpaired) electrons. The van der Waals surface area contributed by atoms with Gasteiger partial charge in [-0.25, -0.2) is 19.6 Å². The van der Waals surface area contributed by atoms with E-state index in [4.69, 9.17) is 19.4 Å². The number of nitrogens with one attached hydrogen (secondary N) is 4. The number of aromatic amines is 2. The van der Waals surface area contributed by atoms with Gasteiger partial charge in [0, 0.05) is 38.1 Å². The molecular weight excluding hydrogens is 716 g/mol. The number of hydrogen-bond acceptors (Lipinski definition) is 8. The lowest BCUT2D eigenvalue weighted by Crippen LogP contribution is -2.53. The van der Waals surface area contributed by atoms with E-state index >= 15 is 0 Å². The van der Waals surface area contributed by atoms with Crippen LogP contribution in [0.5, 0.6) is 0 Å². The van der Waals surface area contributed by atoms with Gasteiger partial charge in [0.2, 0.25) is 11.8 Å². The molecule has 0 bridgehead atoms. The summed E-state index contributed by atoms with van der Waals surface area (Å²) in [5.41, 5.74) is 5.60. The molecule has 3 fully saturated rings. The molecule has 296 valence electrons. The van der Waals surface area contributed by atoms with E-state index in [1.807, 2.05) is 49.2 Å². The Morgan fingerprint density at radius 2 is 1.41 bits per heavy atom. The summed E-state index contributed by atoms with van der Waals surface area (Å²) >= 11 is 0. The number of carbonyl (C=O) groups is 4. The molecule has 56 heavy (non-hydrogen) atoms. The average molecular weight is 767 g/mol. The Kier molecular flexibility index (Phi) is 11.7. The molecule has 0 spiro atoms. The van der Waals surface area contributed by atoms with Crippen molar-refractivity contribution in [2.24, 2.45) is 11.8 Å². The smallest absolute Gasteiger partial charge is 0.407 e. The van der Waals surface area contributed by atoms with Gasteiger partial charge in [0.1, 0.15) is 23.7 Å². The number of imidazole rings is 2. The first-order valence-corrected chi connectivity index (χ1v) is 19.5. The van der Waals surface area contributed by atoms with E-state index in [0.29, 0.717) is 45.0 Å². The third kappa shape index (κ3) is 8.27. The Morgan fingerprint density at radius 3 is 2.02 bits per heavy atom. The summed E-state index contributed by atoms with van der Waals surface area (Å²) in [5.74, 6) is 0.838. The zero-order valence-electron chi connectivity index (χ0n) is 32.0. The molecule has 15 nitrogen and oxygen atoms in total. The fraction of sp³-hybridized carbons (Fsp3) is 0.463. The summed E-state index contributed by atoms with van der Waals surface area (Å²) in [6.07, 6.45) is 6.37. The zero-order valence-corrected chi connectivity index (χ0v) is 32.0. The molecule has 3 aliphatic heterocycles. The maximum atomic E-state index is 13.9. The van der Waals surface area contributed by atoms with Crippen molar-refractivity contribution in [1.29, 1.82) is 0 Å². The Morgan fingerprint density at radius 1 is 0.821 bits per heavy atom. The van der Waals surface area contributed by atoms with Crippen LogP contribution in [0.2, 0.25) is 0 Å². The topological polar surface area (TPSA) is 195 Å². The van der Waals surface area contributed by atoms with Gasteiger partial charge in [-0.15, -0.1) is 0 Å². The Hall–Kier alpha value is -5.70. The molecule has 2 aromatic heterocycles. The monoisotopic (exact) mass is 766 g/mol. The van der Waals surface area contributed by atoms with Crippen LogP contribution < -0.4 is 10.6 Å². The minimum absolute atomic E-state index is 0.0295. The van der Waals surface area contributed by atoms with Crippen molar-refractivity contribution in [1.82, 2.24) is 40.4 Å². The molecule has 15 heteroatoms. The highest BCUT2D eigenvalue weighted by Gasteiger charge is 2.40. The summed E-state index contributed by atoms with van der Waals surface area (Å²) in [4.78, 5) is 70.7. The quantitative estimate of drug-likeness (QED) is 0.123. The van der Waals surface area contributed by atoms with Crippen molar-refractivity contribution in [3.05, 3.63) is 72.6 Å². The number of benzene rings is 2. The highest BCUT2D eigenvalue weighted by Crippen LogP contribution is 2.35. The molecule has 3 saturated heterocycles. The number of ether oxygens (including phenoxy) is 2. The lowest BCUT2D eigenvalue weighted by Gasteiger charge is -2.34. The van der Waals surface area contributed by atoms with Gasteiger partial charge in [-0.05, 0) is 67.1 Å². The van der Waals surface area contributed by atoms with E-state index in [0.717, 1.165) is 65.1 Å². The third-order valence-corrected chi connectivity index (χ3v) is 11.3. The fourth-order valence-corrected chi connectivity index (χ4v) is 8.23. The normalized spacial score (nSPS) is 19.9. The Balaban J connectivity index is 1.00. The van der Waals surface area contributed by atoms with Crippen LogP contribution in [0.3, 0.4) is 0 Å². The van der Waals surface area contributed by atoms with Crippen LogP contribution in [-0.2, 0) is 19.1 Å². The molecule has 0 unspecified atom stereocenters. The summed E-state index contributed by atoms with van der Waals surface area (Å²) in [6.45, 7) is 5.91. The van der Waals surface area contributed by atoms with E-state index in [2.05, 4.69) is 44.9 Å². The minimum Gasteiger partial charge on any atom is -0.465 e. The van der Waals surface area contributed by atoms with Gasteiger partial charge in [-0.2, -0.15) is 0 Å². The molecule has 3 aliphatic rings. The van der Waals surface area contributed by atoms with E-state index in [-0.39, 0.29) is 35.7 Å². The van der Waals surface area contributed by atoms with Gasteiger partial charge in [0.05, 0.1) is 36.8 Å². The number of nitrogens with zero attached hydrogens (tertiary/aromatic N) is 4. The van der Waals surface area contributed by atoms with Crippen molar-refractivity contribution in [2.45, 2.75) is 76.5 Å². The highest BCUT2D eigenvalue weighted by atomic mass is 16.5. The molecule has 5 N–H and O–H groups in total. The number of carbonyl (C=O) groups excluding carboxylic acids is 3. The molecular formula is C41H50N8O7. The van der Waals surface area contributed by atoms with Gasteiger partial charge in [-0.1, -0.05) is 62.4 Å². The molecule has 7 rings (SSSR count). The van der Waals surface area contributed by atoms with Crippen LogP contribution in [0.1, 0.15) is 76.1 Å². The van der Waals surface area contributed by atoms with E-state index in [9.17, 15) is 24.3 Å². The predicted molar refractivity (Wildman–Crippen MR) is 207 cm³/mol. The number of methoxy groups -OCH3 is 1. The summed E-state index contributed by atoms with van der Waals surface area (Å²) in [6, 6.07) is 14.4. The largest absolute Gasteiger partial charge is 0.465 e. The number of H-pyrrole nitrogens is 2. The summed E-state index contributed by atoms with van der Waals surface area (Å²) in [5, 5.41) is 14.5. The van der Waals surface area contributed by atoms with Gasteiger partial charge in [0.25, 0.3) is 0 Å². The zero-order chi connectivity index (χ0) is 39.3. The number of hydrogen-bond donors (Lipinski definition) is 5. The van der Waals surface area contributed by atoms with E-state index in [1.54, 1.807) is 11.1 Å². The first kappa shape index (κ1) is 38.6. The summed E-state index contributed by atoms with van der Waals surface area (Å²) in [7, 11) is 1.30. The van der Waals surface area contributed by atoms with E-state index < -0.39 is 24.3 Å². The Labute approximate surface area is 325 Å². The highest BCUT2D eigenvalue weighted by molar-refractivity contribution is 5.87. The first-order chi connectivity index (χ1) is 27.1. The number of amides is 4. The minimum atomic E-state index is -1.21. The van der Waals surface area contributed by atoms with E-state index in [1.165, 1.54) is 7.11 Å². The van der Waals surface area contributed by atoms with Gasteiger partial charge >= 0.3 is 12.2 Å². The van der Waals surface area contributed by atoms with Gasteiger partial charge in [0.15, 0.2) is 0 Å². The molecule has 4 atom stereocenters. The molecule has 0 aliphatic carbocycles. The second-order valence-corrected chi connectivity index (χ2v) is 15.1. The second kappa shape index (κ2) is 17.0. The molecule has 0 saturated carbocycles. The van der Waals surface area contributed by atoms with Crippen LogP contribution >= 0.6 is 0 Å². The molecule has 4 aromatic rings.